The summed E-state index contributed by atoms with van der Waals surface area (Å²) in [6.07, 6.45) is 1.68. The molecule has 0 N–H and O–H groups in total. The monoisotopic (exact) mass is 403 g/mol. The van der Waals surface area contributed by atoms with Crippen LogP contribution in [-0.4, -0.2) is 35.8 Å². The second-order valence-corrected chi connectivity index (χ2v) is 7.51. The first kappa shape index (κ1) is 16.4. The Labute approximate surface area is 139 Å². The van der Waals surface area contributed by atoms with Crippen LogP contribution < -0.4 is 4.74 Å². The molecule has 5 heteroatoms. The molecule has 1 aromatic carbocycles. The third-order valence-electron chi connectivity index (χ3n) is 3.13. The van der Waals surface area contributed by atoms with Crippen LogP contribution in [-0.2, 0) is 4.74 Å². The molecule has 0 aromatic heterocycles. The summed E-state index contributed by atoms with van der Waals surface area (Å²) in [5.41, 5.74) is -0.458. The number of nitrogens with zero attached hydrogens (tertiary/aromatic N) is 1. The number of piperidine rings is 1. The van der Waals surface area contributed by atoms with Crippen molar-refractivity contribution >= 4 is 28.7 Å². The highest BCUT2D eigenvalue weighted by Crippen LogP contribution is 2.21. The fourth-order valence-electron chi connectivity index (χ4n) is 2.26. The van der Waals surface area contributed by atoms with Gasteiger partial charge in [-0.1, -0.05) is 6.07 Å². The van der Waals surface area contributed by atoms with Crippen molar-refractivity contribution in [2.75, 3.05) is 13.1 Å². The average Bonchev–Trinajstić information content (AvgIpc) is 2.37. The second kappa shape index (κ2) is 6.85. The number of rotatable bonds is 2. The van der Waals surface area contributed by atoms with Crippen molar-refractivity contribution in [2.24, 2.45) is 0 Å². The third kappa shape index (κ3) is 5.37. The van der Waals surface area contributed by atoms with Crippen molar-refractivity contribution in [1.29, 1.82) is 0 Å². The number of halogens is 1. The van der Waals surface area contributed by atoms with Gasteiger partial charge in [0.25, 0.3) is 0 Å². The average molecular weight is 403 g/mol. The molecular weight excluding hydrogens is 381 g/mol. The van der Waals surface area contributed by atoms with Crippen molar-refractivity contribution < 1.29 is 14.3 Å². The summed E-state index contributed by atoms with van der Waals surface area (Å²) in [6, 6.07) is 7.97. The van der Waals surface area contributed by atoms with E-state index >= 15 is 0 Å². The van der Waals surface area contributed by atoms with Crippen molar-refractivity contribution in [1.82, 2.24) is 4.90 Å². The first-order valence-corrected chi connectivity index (χ1v) is 8.31. The van der Waals surface area contributed by atoms with Gasteiger partial charge in [-0.15, -0.1) is 0 Å². The molecule has 0 spiro atoms. The summed E-state index contributed by atoms with van der Waals surface area (Å²) in [4.78, 5) is 13.9. The predicted molar refractivity (Wildman–Crippen MR) is 90.6 cm³/mol. The van der Waals surface area contributed by atoms with Gasteiger partial charge < -0.3 is 14.4 Å². The zero-order valence-electron chi connectivity index (χ0n) is 12.8. The van der Waals surface area contributed by atoms with Crippen LogP contribution in [0.4, 0.5) is 4.79 Å². The van der Waals surface area contributed by atoms with Gasteiger partial charge in [-0.2, -0.15) is 0 Å². The summed E-state index contributed by atoms with van der Waals surface area (Å²) >= 11 is 2.26. The minimum atomic E-state index is -0.458. The Kier molecular flexibility index (Phi) is 5.35. The van der Waals surface area contributed by atoms with E-state index in [4.69, 9.17) is 9.47 Å². The fourth-order valence-corrected chi connectivity index (χ4v) is 2.77. The Morgan fingerprint density at radius 1 is 1.38 bits per heavy atom. The van der Waals surface area contributed by atoms with Crippen LogP contribution in [0.3, 0.4) is 0 Å². The van der Waals surface area contributed by atoms with Gasteiger partial charge in [-0.3, -0.25) is 0 Å². The van der Waals surface area contributed by atoms with E-state index in [1.165, 1.54) is 0 Å². The number of hydrogen-bond donors (Lipinski definition) is 0. The quantitative estimate of drug-likeness (QED) is 0.699. The van der Waals surface area contributed by atoms with Gasteiger partial charge in [0.05, 0.1) is 6.54 Å². The molecular formula is C16H22INO3. The fraction of sp³-hybridized carbons (Fsp3) is 0.562. The van der Waals surface area contributed by atoms with Gasteiger partial charge in [0.15, 0.2) is 0 Å². The predicted octanol–water partition coefficient (Wildman–Crippen LogP) is 4.07. The number of carbonyl (C=O) groups is 1. The number of benzene rings is 1. The van der Waals surface area contributed by atoms with E-state index in [-0.39, 0.29) is 12.2 Å². The van der Waals surface area contributed by atoms with Crippen LogP contribution in [0.15, 0.2) is 24.3 Å². The molecule has 2 rings (SSSR count). The Balaban J connectivity index is 1.93. The Bertz CT molecular complexity index is 499. The summed E-state index contributed by atoms with van der Waals surface area (Å²) in [6.45, 7) is 6.97. The molecule has 1 amide bonds. The van der Waals surface area contributed by atoms with E-state index in [9.17, 15) is 4.79 Å². The smallest absolute Gasteiger partial charge is 0.410 e. The lowest BCUT2D eigenvalue weighted by Gasteiger charge is -2.34. The van der Waals surface area contributed by atoms with Crippen molar-refractivity contribution in [3.8, 4) is 5.75 Å². The summed E-state index contributed by atoms with van der Waals surface area (Å²) < 4.78 is 12.6. The van der Waals surface area contributed by atoms with Crippen LogP contribution in [0.1, 0.15) is 33.6 Å². The van der Waals surface area contributed by atoms with E-state index in [1.807, 2.05) is 45.0 Å². The Hall–Kier alpha value is -0.980. The lowest BCUT2D eigenvalue weighted by atomic mass is 10.1. The highest BCUT2D eigenvalue weighted by molar-refractivity contribution is 14.1. The first-order chi connectivity index (χ1) is 9.83. The normalized spacial score (nSPS) is 19.2. The molecule has 1 aliphatic rings. The molecule has 116 valence electrons. The molecule has 1 atom stereocenters. The molecule has 1 heterocycles. The largest absolute Gasteiger partial charge is 0.489 e. The van der Waals surface area contributed by atoms with Gasteiger partial charge in [0, 0.05) is 10.1 Å². The minimum absolute atomic E-state index is 0.0319. The number of hydrogen-bond acceptors (Lipinski definition) is 3. The molecule has 0 bridgehead atoms. The minimum Gasteiger partial charge on any atom is -0.489 e. The number of amides is 1. The Morgan fingerprint density at radius 3 is 2.81 bits per heavy atom. The lowest BCUT2D eigenvalue weighted by molar-refractivity contribution is 0.00775. The lowest BCUT2D eigenvalue weighted by Crippen LogP contribution is -2.46. The van der Waals surface area contributed by atoms with E-state index < -0.39 is 5.60 Å². The third-order valence-corrected chi connectivity index (χ3v) is 3.80. The molecule has 1 fully saturated rings. The van der Waals surface area contributed by atoms with Crippen LogP contribution >= 0.6 is 22.6 Å². The standard InChI is InChI=1S/C16H22INO3/c1-16(2,3)21-15(19)18-9-5-8-14(11-18)20-13-7-4-6-12(17)10-13/h4,6-7,10,14H,5,8-9,11H2,1-3H3/t14-/m1/s1. The van der Waals surface area contributed by atoms with Gasteiger partial charge in [0.1, 0.15) is 17.5 Å². The van der Waals surface area contributed by atoms with Gasteiger partial charge in [-0.05, 0) is 74.4 Å². The first-order valence-electron chi connectivity index (χ1n) is 7.24. The van der Waals surface area contributed by atoms with Gasteiger partial charge in [-0.25, -0.2) is 4.79 Å². The molecule has 0 radical (unpaired) electrons. The highest BCUT2D eigenvalue weighted by atomic mass is 127. The van der Waals surface area contributed by atoms with Crippen LogP contribution in [0.5, 0.6) is 5.75 Å². The van der Waals surface area contributed by atoms with Crippen LogP contribution in [0.25, 0.3) is 0 Å². The topological polar surface area (TPSA) is 38.8 Å². The van der Waals surface area contributed by atoms with Gasteiger partial charge >= 0.3 is 6.09 Å². The van der Waals surface area contributed by atoms with Crippen molar-refractivity contribution in [3.63, 3.8) is 0 Å². The number of ether oxygens (including phenoxy) is 2. The summed E-state index contributed by atoms with van der Waals surface area (Å²) in [7, 11) is 0. The maximum absolute atomic E-state index is 12.1. The van der Waals surface area contributed by atoms with E-state index in [0.29, 0.717) is 6.54 Å². The molecule has 4 nitrogen and oxygen atoms in total. The molecule has 1 saturated heterocycles. The number of likely N-dealkylation sites (tertiary alicyclic amines) is 1. The van der Waals surface area contributed by atoms with Crippen LogP contribution in [0.2, 0.25) is 0 Å². The van der Waals surface area contributed by atoms with Crippen LogP contribution in [0, 0.1) is 3.57 Å². The van der Waals surface area contributed by atoms with Crippen molar-refractivity contribution in [3.05, 3.63) is 27.8 Å². The van der Waals surface area contributed by atoms with E-state index in [2.05, 4.69) is 22.6 Å². The highest BCUT2D eigenvalue weighted by Gasteiger charge is 2.28. The summed E-state index contributed by atoms with van der Waals surface area (Å²) in [5.74, 6) is 0.859. The Morgan fingerprint density at radius 2 is 2.14 bits per heavy atom. The summed E-state index contributed by atoms with van der Waals surface area (Å²) in [5, 5.41) is 0. The van der Waals surface area contributed by atoms with E-state index in [1.54, 1.807) is 4.90 Å². The van der Waals surface area contributed by atoms with E-state index in [0.717, 1.165) is 28.7 Å². The molecule has 1 aromatic rings. The molecule has 1 aliphatic heterocycles. The SMILES string of the molecule is CC(C)(C)OC(=O)N1CCC[C@@H](Oc2cccc(I)c2)C1. The molecule has 0 saturated carbocycles. The molecule has 0 unspecified atom stereocenters. The second-order valence-electron chi connectivity index (χ2n) is 6.27. The zero-order chi connectivity index (χ0) is 15.5. The maximum atomic E-state index is 12.1. The molecule has 0 aliphatic carbocycles. The number of carbonyl (C=O) groups excluding carboxylic acids is 1. The maximum Gasteiger partial charge on any atom is 0.410 e. The zero-order valence-corrected chi connectivity index (χ0v) is 14.9. The van der Waals surface area contributed by atoms with Crippen molar-refractivity contribution in [2.45, 2.75) is 45.3 Å². The molecule has 21 heavy (non-hydrogen) atoms. The van der Waals surface area contributed by atoms with Gasteiger partial charge in [0.2, 0.25) is 0 Å².